The van der Waals surface area contributed by atoms with Crippen molar-refractivity contribution in [3.63, 3.8) is 0 Å². The minimum absolute atomic E-state index is 0.210. The minimum atomic E-state index is -0.619. The number of nitrogens with two attached hydrogens (primary N) is 1. The first-order valence-electron chi connectivity index (χ1n) is 7.21. The fourth-order valence-corrected chi connectivity index (χ4v) is 2.59. The fourth-order valence-electron chi connectivity index (χ4n) is 2.16. The van der Waals surface area contributed by atoms with E-state index in [-0.39, 0.29) is 11.9 Å². The Morgan fingerprint density at radius 1 is 1.17 bits per heavy atom. The van der Waals surface area contributed by atoms with E-state index in [1.807, 2.05) is 19.1 Å². The molecule has 0 aliphatic rings. The standard InChI is InChI=1S/C17H18BrN3O3/c1-10(11-3-5-12(6-4-11)21-17(19)23)20-16(22)14-9-13(24-2)7-8-15(14)18/h3-10H,1-2H3,(H,20,22)(H3,19,21,23). The molecule has 126 valence electrons. The van der Waals surface area contributed by atoms with Crippen molar-refractivity contribution in [3.8, 4) is 5.75 Å². The number of anilines is 1. The van der Waals surface area contributed by atoms with Crippen molar-refractivity contribution < 1.29 is 14.3 Å². The van der Waals surface area contributed by atoms with Gasteiger partial charge in [-0.05, 0) is 58.7 Å². The van der Waals surface area contributed by atoms with E-state index in [2.05, 4.69) is 26.6 Å². The van der Waals surface area contributed by atoms with Crippen LogP contribution < -0.4 is 21.1 Å². The molecule has 0 saturated heterocycles. The van der Waals surface area contributed by atoms with E-state index < -0.39 is 6.03 Å². The number of urea groups is 1. The van der Waals surface area contributed by atoms with Crippen molar-refractivity contribution in [2.45, 2.75) is 13.0 Å². The van der Waals surface area contributed by atoms with Crippen LogP contribution in [0.3, 0.4) is 0 Å². The van der Waals surface area contributed by atoms with Crippen LogP contribution in [0.25, 0.3) is 0 Å². The molecule has 0 aliphatic heterocycles. The van der Waals surface area contributed by atoms with Crippen LogP contribution in [0.1, 0.15) is 28.9 Å². The molecule has 0 heterocycles. The number of carbonyl (C=O) groups excluding carboxylic acids is 2. The molecule has 2 aromatic rings. The lowest BCUT2D eigenvalue weighted by molar-refractivity contribution is 0.0938. The number of rotatable bonds is 5. The van der Waals surface area contributed by atoms with Gasteiger partial charge in [-0.1, -0.05) is 12.1 Å². The Labute approximate surface area is 148 Å². The summed E-state index contributed by atoms with van der Waals surface area (Å²) in [5, 5.41) is 5.42. The lowest BCUT2D eigenvalue weighted by Crippen LogP contribution is -2.27. The van der Waals surface area contributed by atoms with Gasteiger partial charge in [-0.3, -0.25) is 4.79 Å². The zero-order valence-electron chi connectivity index (χ0n) is 13.3. The largest absolute Gasteiger partial charge is 0.497 e. The summed E-state index contributed by atoms with van der Waals surface area (Å²) in [6, 6.07) is 11.5. The first-order chi connectivity index (χ1) is 11.4. The van der Waals surface area contributed by atoms with Gasteiger partial charge < -0.3 is 21.1 Å². The van der Waals surface area contributed by atoms with E-state index in [0.717, 1.165) is 5.56 Å². The normalized spacial score (nSPS) is 11.5. The number of halogens is 1. The summed E-state index contributed by atoms with van der Waals surface area (Å²) in [5.41, 5.74) is 7.06. The molecule has 3 amide bonds. The Morgan fingerprint density at radius 2 is 1.83 bits per heavy atom. The lowest BCUT2D eigenvalue weighted by Gasteiger charge is -2.16. The summed E-state index contributed by atoms with van der Waals surface area (Å²) < 4.78 is 5.84. The summed E-state index contributed by atoms with van der Waals surface area (Å²) >= 11 is 3.37. The van der Waals surface area contributed by atoms with Gasteiger partial charge >= 0.3 is 6.03 Å². The van der Waals surface area contributed by atoms with Crippen LogP contribution in [0.2, 0.25) is 0 Å². The van der Waals surface area contributed by atoms with E-state index in [0.29, 0.717) is 21.5 Å². The molecule has 2 rings (SSSR count). The van der Waals surface area contributed by atoms with Crippen LogP contribution in [-0.4, -0.2) is 19.0 Å². The summed E-state index contributed by atoms with van der Waals surface area (Å²) in [7, 11) is 1.55. The summed E-state index contributed by atoms with van der Waals surface area (Å²) in [5.74, 6) is 0.394. The second kappa shape index (κ2) is 7.83. The van der Waals surface area contributed by atoms with E-state index >= 15 is 0 Å². The second-order valence-electron chi connectivity index (χ2n) is 5.15. The van der Waals surface area contributed by atoms with Crippen molar-refractivity contribution in [3.05, 3.63) is 58.1 Å². The van der Waals surface area contributed by atoms with Gasteiger partial charge in [-0.2, -0.15) is 0 Å². The van der Waals surface area contributed by atoms with Crippen molar-refractivity contribution in [2.24, 2.45) is 5.73 Å². The maximum absolute atomic E-state index is 12.5. The Kier molecular flexibility index (Phi) is 5.81. The zero-order chi connectivity index (χ0) is 17.7. The Hall–Kier alpha value is -2.54. The van der Waals surface area contributed by atoms with E-state index in [4.69, 9.17) is 10.5 Å². The molecule has 0 aliphatic carbocycles. The number of hydrogen-bond donors (Lipinski definition) is 3. The number of amides is 3. The molecule has 0 fully saturated rings. The van der Waals surface area contributed by atoms with E-state index in [1.54, 1.807) is 37.4 Å². The number of ether oxygens (including phenoxy) is 1. The first kappa shape index (κ1) is 17.8. The van der Waals surface area contributed by atoms with E-state index in [1.165, 1.54) is 0 Å². The third kappa shape index (κ3) is 4.48. The Balaban J connectivity index is 2.10. The van der Waals surface area contributed by atoms with Crippen LogP contribution in [0, 0.1) is 0 Å². The average molecular weight is 392 g/mol. The van der Waals surface area contributed by atoms with Crippen molar-refractivity contribution in [1.29, 1.82) is 0 Å². The van der Waals surface area contributed by atoms with E-state index in [9.17, 15) is 9.59 Å². The second-order valence-corrected chi connectivity index (χ2v) is 6.01. The number of primary amides is 1. The van der Waals surface area contributed by atoms with Crippen LogP contribution in [0.15, 0.2) is 46.9 Å². The zero-order valence-corrected chi connectivity index (χ0v) is 14.9. The van der Waals surface area contributed by atoms with Gasteiger partial charge in [0.2, 0.25) is 0 Å². The molecule has 1 unspecified atom stereocenters. The summed E-state index contributed by atoms with van der Waals surface area (Å²) in [4.78, 5) is 23.3. The number of methoxy groups -OCH3 is 1. The molecule has 2 aromatic carbocycles. The average Bonchev–Trinajstić information content (AvgIpc) is 2.55. The molecule has 6 nitrogen and oxygen atoms in total. The van der Waals surface area contributed by atoms with Crippen LogP contribution in [0.4, 0.5) is 10.5 Å². The quantitative estimate of drug-likeness (QED) is 0.728. The summed E-state index contributed by atoms with van der Waals surface area (Å²) in [6.45, 7) is 1.88. The predicted molar refractivity (Wildman–Crippen MR) is 96.2 cm³/mol. The molecule has 24 heavy (non-hydrogen) atoms. The van der Waals surface area contributed by atoms with Gasteiger partial charge in [-0.25, -0.2) is 4.79 Å². The van der Waals surface area contributed by atoms with Gasteiger partial charge in [-0.15, -0.1) is 0 Å². The van der Waals surface area contributed by atoms with Crippen LogP contribution >= 0.6 is 15.9 Å². The molecule has 1 atom stereocenters. The third-order valence-electron chi connectivity index (χ3n) is 3.44. The first-order valence-corrected chi connectivity index (χ1v) is 8.01. The maximum atomic E-state index is 12.5. The highest BCUT2D eigenvalue weighted by molar-refractivity contribution is 9.10. The topological polar surface area (TPSA) is 93.4 Å². The van der Waals surface area contributed by atoms with Crippen LogP contribution in [-0.2, 0) is 0 Å². The number of hydrogen-bond acceptors (Lipinski definition) is 3. The molecule has 0 spiro atoms. The van der Waals surface area contributed by atoms with Gasteiger partial charge in [0.15, 0.2) is 0 Å². The van der Waals surface area contributed by atoms with Crippen molar-refractivity contribution >= 4 is 33.6 Å². The van der Waals surface area contributed by atoms with Crippen LogP contribution in [0.5, 0.6) is 5.75 Å². The highest BCUT2D eigenvalue weighted by Gasteiger charge is 2.15. The Bertz CT molecular complexity index is 747. The molecule has 0 radical (unpaired) electrons. The highest BCUT2D eigenvalue weighted by Crippen LogP contribution is 2.23. The van der Waals surface area contributed by atoms with Crippen molar-refractivity contribution in [1.82, 2.24) is 5.32 Å². The summed E-state index contributed by atoms with van der Waals surface area (Å²) in [6.07, 6.45) is 0. The van der Waals surface area contributed by atoms with Crippen molar-refractivity contribution in [2.75, 3.05) is 12.4 Å². The van der Waals surface area contributed by atoms with Gasteiger partial charge in [0.1, 0.15) is 5.75 Å². The minimum Gasteiger partial charge on any atom is -0.497 e. The molecular formula is C17H18BrN3O3. The number of benzene rings is 2. The lowest BCUT2D eigenvalue weighted by atomic mass is 10.1. The molecule has 0 aromatic heterocycles. The molecule has 4 N–H and O–H groups in total. The molecule has 0 saturated carbocycles. The van der Waals surface area contributed by atoms with Gasteiger partial charge in [0.05, 0.1) is 18.7 Å². The van der Waals surface area contributed by atoms with Gasteiger partial charge in [0.25, 0.3) is 5.91 Å². The number of carbonyl (C=O) groups is 2. The molecule has 7 heteroatoms. The third-order valence-corrected chi connectivity index (χ3v) is 4.14. The molecule has 0 bridgehead atoms. The smallest absolute Gasteiger partial charge is 0.316 e. The SMILES string of the molecule is COc1ccc(Br)c(C(=O)NC(C)c2ccc(NC(N)=O)cc2)c1. The van der Waals surface area contributed by atoms with Gasteiger partial charge in [0, 0.05) is 10.2 Å². The monoisotopic (exact) mass is 391 g/mol. The highest BCUT2D eigenvalue weighted by atomic mass is 79.9. The Morgan fingerprint density at radius 3 is 2.42 bits per heavy atom. The maximum Gasteiger partial charge on any atom is 0.316 e. The number of nitrogens with one attached hydrogen (secondary N) is 2. The molecular weight excluding hydrogens is 374 g/mol. The predicted octanol–water partition coefficient (Wildman–Crippen LogP) is 3.44. The fraction of sp³-hybridized carbons (Fsp3) is 0.176.